The highest BCUT2D eigenvalue weighted by atomic mass is 16.3. The normalized spacial score (nSPS) is 14.6. The molecule has 2 nitrogen and oxygen atoms in total. The molecule has 0 aromatic carbocycles. The Labute approximate surface area is 56.6 Å². The van der Waals surface area contributed by atoms with Crippen LogP contribution in [0.1, 0.15) is 13.3 Å². The summed E-state index contributed by atoms with van der Waals surface area (Å²) in [6.07, 6.45) is 5.04. The lowest BCUT2D eigenvalue weighted by molar-refractivity contribution is 0.270. The van der Waals surface area contributed by atoms with Gasteiger partial charge >= 0.3 is 0 Å². The Balaban J connectivity index is 3.41. The lowest BCUT2D eigenvalue weighted by atomic mass is 10.2. The predicted molar refractivity (Wildman–Crippen MR) is 39.4 cm³/mol. The highest BCUT2D eigenvalue weighted by Crippen LogP contribution is 1.85. The smallest absolute Gasteiger partial charge is 0.0620 e. The summed E-state index contributed by atoms with van der Waals surface area (Å²) in [7, 11) is 1.83. The summed E-state index contributed by atoms with van der Waals surface area (Å²) in [5, 5.41) is 11.6. The number of aliphatic hydroxyl groups excluding tert-OH is 1. The van der Waals surface area contributed by atoms with Gasteiger partial charge in [-0.25, -0.2) is 0 Å². The van der Waals surface area contributed by atoms with Gasteiger partial charge < -0.3 is 10.4 Å². The monoisotopic (exact) mass is 129 g/mol. The molecule has 9 heavy (non-hydrogen) atoms. The maximum Gasteiger partial charge on any atom is 0.0620 e. The molecule has 0 saturated carbocycles. The second-order valence-corrected chi connectivity index (χ2v) is 1.91. The molecule has 2 heteroatoms. The van der Waals surface area contributed by atoms with Gasteiger partial charge in [0.25, 0.3) is 0 Å². The topological polar surface area (TPSA) is 32.3 Å². The molecule has 0 rings (SSSR count). The van der Waals surface area contributed by atoms with Crippen molar-refractivity contribution in [1.82, 2.24) is 5.32 Å². The number of likely N-dealkylation sites (N-methyl/N-ethyl adjacent to an activating group) is 1. The third-order valence-corrected chi connectivity index (χ3v) is 1.17. The van der Waals surface area contributed by atoms with Crippen LogP contribution in [0.2, 0.25) is 0 Å². The summed E-state index contributed by atoms with van der Waals surface area (Å²) < 4.78 is 0. The minimum atomic E-state index is 0.130. The van der Waals surface area contributed by atoms with E-state index in [4.69, 9.17) is 5.11 Å². The van der Waals surface area contributed by atoms with Crippen LogP contribution in [0.3, 0.4) is 0 Å². The van der Waals surface area contributed by atoms with Crippen LogP contribution in [-0.4, -0.2) is 24.8 Å². The maximum absolute atomic E-state index is 8.64. The highest BCUT2D eigenvalue weighted by Gasteiger charge is 1.94. The van der Waals surface area contributed by atoms with Gasteiger partial charge in [0.2, 0.25) is 0 Å². The Morgan fingerprint density at radius 2 is 2.33 bits per heavy atom. The van der Waals surface area contributed by atoms with E-state index in [1.807, 2.05) is 19.2 Å². The van der Waals surface area contributed by atoms with E-state index in [-0.39, 0.29) is 12.6 Å². The molecule has 0 aromatic heterocycles. The molecule has 2 N–H and O–H groups in total. The molecule has 0 heterocycles. The maximum atomic E-state index is 8.64. The van der Waals surface area contributed by atoms with E-state index >= 15 is 0 Å². The first kappa shape index (κ1) is 8.66. The lowest BCUT2D eigenvalue weighted by Crippen LogP contribution is -2.26. The van der Waals surface area contributed by atoms with Crippen LogP contribution in [0.5, 0.6) is 0 Å². The van der Waals surface area contributed by atoms with Gasteiger partial charge in [-0.1, -0.05) is 19.1 Å². The molecule has 1 atom stereocenters. The van der Waals surface area contributed by atoms with E-state index in [2.05, 4.69) is 12.2 Å². The predicted octanol–water partition coefficient (Wildman–Crippen LogP) is 0.533. The van der Waals surface area contributed by atoms with Crippen molar-refractivity contribution in [2.45, 2.75) is 19.4 Å². The second-order valence-electron chi connectivity index (χ2n) is 1.91. The molecule has 54 valence electrons. The molecule has 0 aliphatic carbocycles. The largest absolute Gasteiger partial charge is 0.394 e. The lowest BCUT2D eigenvalue weighted by Gasteiger charge is -2.05. The Morgan fingerprint density at radius 1 is 1.67 bits per heavy atom. The molecule has 0 amide bonds. The Bertz CT molecular complexity index is 77.0. The zero-order valence-corrected chi connectivity index (χ0v) is 6.09. The highest BCUT2D eigenvalue weighted by molar-refractivity contribution is 4.91. The minimum absolute atomic E-state index is 0.130. The Hall–Kier alpha value is -0.340. The molecule has 0 aliphatic heterocycles. The van der Waals surface area contributed by atoms with Gasteiger partial charge in [-0.2, -0.15) is 0 Å². The molecular weight excluding hydrogens is 114 g/mol. The van der Waals surface area contributed by atoms with Crippen molar-refractivity contribution < 1.29 is 5.11 Å². The van der Waals surface area contributed by atoms with Crippen LogP contribution in [0.25, 0.3) is 0 Å². The van der Waals surface area contributed by atoms with Gasteiger partial charge in [-0.3, -0.25) is 0 Å². The summed E-state index contributed by atoms with van der Waals surface area (Å²) in [5.74, 6) is 0. The fraction of sp³-hybridized carbons (Fsp3) is 0.714. The van der Waals surface area contributed by atoms with Gasteiger partial charge in [0, 0.05) is 6.04 Å². The minimum Gasteiger partial charge on any atom is -0.394 e. The first-order chi connectivity index (χ1) is 4.35. The second kappa shape index (κ2) is 5.79. The Kier molecular flexibility index (Phi) is 5.57. The average molecular weight is 129 g/mol. The molecule has 0 saturated heterocycles. The zero-order valence-electron chi connectivity index (χ0n) is 6.09. The molecule has 0 bridgehead atoms. The van der Waals surface area contributed by atoms with Gasteiger partial charge in [0.05, 0.1) is 6.61 Å². The van der Waals surface area contributed by atoms with Crippen molar-refractivity contribution in [2.75, 3.05) is 13.7 Å². The first-order valence-corrected chi connectivity index (χ1v) is 3.30. The van der Waals surface area contributed by atoms with Gasteiger partial charge in [0.1, 0.15) is 0 Å². The Morgan fingerprint density at radius 3 is 2.67 bits per heavy atom. The number of aliphatic hydroxyl groups is 1. The fourth-order valence-corrected chi connectivity index (χ4v) is 0.549. The SMILES string of the molecule is CC/C=C/[C@H](CO)NC. The van der Waals surface area contributed by atoms with Crippen molar-refractivity contribution in [3.05, 3.63) is 12.2 Å². The molecule has 0 aliphatic rings. The third-order valence-electron chi connectivity index (χ3n) is 1.17. The summed E-state index contributed by atoms with van der Waals surface area (Å²) in [6.45, 7) is 2.24. The van der Waals surface area contributed by atoms with Crippen LogP contribution >= 0.6 is 0 Å². The number of allylic oxidation sites excluding steroid dienone is 1. The summed E-state index contributed by atoms with van der Waals surface area (Å²) >= 11 is 0. The van der Waals surface area contributed by atoms with Crippen LogP contribution in [0.4, 0.5) is 0 Å². The quantitative estimate of drug-likeness (QED) is 0.543. The van der Waals surface area contributed by atoms with E-state index < -0.39 is 0 Å². The molecular formula is C7H15NO. The van der Waals surface area contributed by atoms with E-state index in [1.165, 1.54) is 0 Å². The van der Waals surface area contributed by atoms with Crippen molar-refractivity contribution in [3.63, 3.8) is 0 Å². The number of hydrogen-bond donors (Lipinski definition) is 2. The van der Waals surface area contributed by atoms with Crippen molar-refractivity contribution in [2.24, 2.45) is 0 Å². The van der Waals surface area contributed by atoms with Crippen molar-refractivity contribution in [3.8, 4) is 0 Å². The van der Waals surface area contributed by atoms with Crippen molar-refractivity contribution in [1.29, 1.82) is 0 Å². The molecule has 0 radical (unpaired) electrons. The number of nitrogens with one attached hydrogen (secondary N) is 1. The fourth-order valence-electron chi connectivity index (χ4n) is 0.549. The van der Waals surface area contributed by atoms with E-state index in [9.17, 15) is 0 Å². The summed E-state index contributed by atoms with van der Waals surface area (Å²) in [4.78, 5) is 0. The molecule has 0 fully saturated rings. The number of rotatable bonds is 4. The van der Waals surface area contributed by atoms with Gasteiger partial charge in [0.15, 0.2) is 0 Å². The first-order valence-electron chi connectivity index (χ1n) is 3.30. The van der Waals surface area contributed by atoms with E-state index in [0.717, 1.165) is 6.42 Å². The van der Waals surface area contributed by atoms with Gasteiger partial charge in [-0.05, 0) is 13.5 Å². The van der Waals surface area contributed by atoms with Crippen LogP contribution < -0.4 is 5.32 Å². The molecule has 0 spiro atoms. The molecule has 0 aromatic rings. The average Bonchev–Trinajstić information content (AvgIpc) is 1.91. The summed E-state index contributed by atoms with van der Waals surface area (Å²) in [5.41, 5.74) is 0. The molecule has 0 unspecified atom stereocenters. The van der Waals surface area contributed by atoms with Crippen LogP contribution in [0.15, 0.2) is 12.2 Å². The summed E-state index contributed by atoms with van der Waals surface area (Å²) in [6, 6.07) is 0.130. The zero-order chi connectivity index (χ0) is 7.11. The third kappa shape index (κ3) is 4.18. The van der Waals surface area contributed by atoms with E-state index in [1.54, 1.807) is 0 Å². The van der Waals surface area contributed by atoms with Gasteiger partial charge in [-0.15, -0.1) is 0 Å². The van der Waals surface area contributed by atoms with Crippen LogP contribution in [-0.2, 0) is 0 Å². The standard InChI is InChI=1S/C7H15NO/c1-3-4-5-7(6-9)8-2/h4-5,7-9H,3,6H2,1-2H3/b5-4+/t7-/m1/s1. The van der Waals surface area contributed by atoms with Crippen molar-refractivity contribution >= 4 is 0 Å². The van der Waals surface area contributed by atoms with Crippen LogP contribution in [0, 0.1) is 0 Å². The number of hydrogen-bond acceptors (Lipinski definition) is 2. The van der Waals surface area contributed by atoms with E-state index in [0.29, 0.717) is 0 Å².